The molecule has 5 aromatic rings. The molecule has 2 fully saturated rings. The number of aromatic nitrogens is 8. The zero-order chi connectivity index (χ0) is 27.9. The standard InChI is InChI=1S/C31H34N8O2/c1-2-3-8-26-32-29-27(30(40)39(19-21-11-12-21)31(41)38(29)18-20-9-10-20)37(26)17-22-13-15-23(16-14-22)24-6-4-5-7-25(24)28-33-35-36-34-28/h4-7,13-16,20-21H,2-3,8-12,17-19H2,1H3,(H,33,34,35,36). The van der Waals surface area contributed by atoms with Gasteiger partial charge in [0.15, 0.2) is 17.0 Å². The Morgan fingerprint density at radius 2 is 1.59 bits per heavy atom. The predicted molar refractivity (Wildman–Crippen MR) is 156 cm³/mol. The van der Waals surface area contributed by atoms with E-state index in [0.717, 1.165) is 73.0 Å². The average Bonchev–Trinajstić information content (AvgIpc) is 3.91. The number of rotatable bonds is 11. The van der Waals surface area contributed by atoms with Gasteiger partial charge >= 0.3 is 5.69 Å². The van der Waals surface area contributed by atoms with Crippen molar-refractivity contribution in [3.8, 4) is 22.5 Å². The molecule has 0 amide bonds. The van der Waals surface area contributed by atoms with Crippen LogP contribution in [0.1, 0.15) is 56.8 Å². The molecule has 0 saturated heterocycles. The average molecular weight is 551 g/mol. The molecule has 1 N–H and O–H groups in total. The molecule has 0 radical (unpaired) electrons. The molecule has 0 atom stereocenters. The molecule has 0 unspecified atom stereocenters. The fourth-order valence-electron chi connectivity index (χ4n) is 5.66. The minimum atomic E-state index is -0.203. The van der Waals surface area contributed by atoms with Gasteiger partial charge in [-0.2, -0.15) is 0 Å². The van der Waals surface area contributed by atoms with Crippen molar-refractivity contribution in [1.29, 1.82) is 0 Å². The van der Waals surface area contributed by atoms with Crippen LogP contribution in [-0.2, 0) is 26.1 Å². The monoisotopic (exact) mass is 550 g/mol. The number of nitrogens with one attached hydrogen (secondary N) is 1. The van der Waals surface area contributed by atoms with Crippen LogP contribution in [0, 0.1) is 11.8 Å². The Hall–Kier alpha value is -4.34. The molecule has 210 valence electrons. The molecule has 0 bridgehead atoms. The Morgan fingerprint density at radius 3 is 2.24 bits per heavy atom. The number of unbranched alkanes of at least 4 members (excludes halogenated alkanes) is 1. The smallest absolute Gasteiger partial charge is 0.318 e. The molecule has 3 aromatic heterocycles. The van der Waals surface area contributed by atoms with E-state index < -0.39 is 0 Å². The third-order valence-corrected chi connectivity index (χ3v) is 8.36. The summed E-state index contributed by atoms with van der Waals surface area (Å²) in [6.45, 7) is 3.82. The zero-order valence-corrected chi connectivity index (χ0v) is 23.3. The van der Waals surface area contributed by atoms with Crippen molar-refractivity contribution in [2.75, 3.05) is 0 Å². The summed E-state index contributed by atoms with van der Waals surface area (Å²) >= 11 is 0. The van der Waals surface area contributed by atoms with E-state index in [1.165, 1.54) is 4.57 Å². The summed E-state index contributed by atoms with van der Waals surface area (Å²) in [5.74, 6) is 2.41. The van der Waals surface area contributed by atoms with E-state index in [-0.39, 0.29) is 11.2 Å². The van der Waals surface area contributed by atoms with E-state index in [0.29, 0.717) is 48.5 Å². The molecular formula is C31H34N8O2. The van der Waals surface area contributed by atoms with Crippen molar-refractivity contribution < 1.29 is 0 Å². The van der Waals surface area contributed by atoms with E-state index in [2.05, 4.69) is 62.4 Å². The van der Waals surface area contributed by atoms with Crippen molar-refractivity contribution in [2.24, 2.45) is 11.8 Å². The topological polar surface area (TPSA) is 116 Å². The van der Waals surface area contributed by atoms with Crippen LogP contribution in [0.15, 0.2) is 58.1 Å². The fraction of sp³-hybridized carbons (Fsp3) is 0.419. The van der Waals surface area contributed by atoms with Crippen LogP contribution >= 0.6 is 0 Å². The van der Waals surface area contributed by atoms with Gasteiger partial charge in [0.2, 0.25) is 0 Å². The summed E-state index contributed by atoms with van der Waals surface area (Å²) in [6.07, 6.45) is 7.17. The van der Waals surface area contributed by atoms with Gasteiger partial charge in [-0.3, -0.25) is 13.9 Å². The molecular weight excluding hydrogens is 516 g/mol. The van der Waals surface area contributed by atoms with Crippen molar-refractivity contribution in [2.45, 2.75) is 71.5 Å². The number of fused-ring (bicyclic) bond motifs is 1. The van der Waals surface area contributed by atoms with Crippen molar-refractivity contribution in [3.05, 3.63) is 80.8 Å². The van der Waals surface area contributed by atoms with Crippen LogP contribution in [0.2, 0.25) is 0 Å². The number of nitrogens with zero attached hydrogens (tertiary/aromatic N) is 7. The van der Waals surface area contributed by atoms with Crippen LogP contribution < -0.4 is 11.2 Å². The van der Waals surface area contributed by atoms with Crippen LogP contribution in [-0.4, -0.2) is 39.3 Å². The number of H-pyrrole nitrogens is 1. The van der Waals surface area contributed by atoms with Gasteiger partial charge in [-0.1, -0.05) is 61.9 Å². The molecule has 41 heavy (non-hydrogen) atoms. The maximum absolute atomic E-state index is 13.9. The summed E-state index contributed by atoms with van der Waals surface area (Å²) in [6, 6.07) is 16.4. The Bertz CT molecular complexity index is 1810. The quantitative estimate of drug-likeness (QED) is 0.260. The van der Waals surface area contributed by atoms with Crippen molar-refractivity contribution >= 4 is 11.2 Å². The van der Waals surface area contributed by atoms with Gasteiger partial charge in [-0.05, 0) is 71.1 Å². The first kappa shape index (κ1) is 25.6. The zero-order valence-electron chi connectivity index (χ0n) is 23.3. The highest BCUT2D eigenvalue weighted by molar-refractivity contribution is 5.80. The molecule has 0 spiro atoms. The Morgan fingerprint density at radius 1 is 0.878 bits per heavy atom. The maximum Gasteiger partial charge on any atom is 0.332 e. The van der Waals surface area contributed by atoms with Crippen molar-refractivity contribution in [3.63, 3.8) is 0 Å². The molecule has 2 aliphatic carbocycles. The minimum Gasteiger partial charge on any atom is -0.318 e. The van der Waals surface area contributed by atoms with E-state index in [9.17, 15) is 9.59 Å². The van der Waals surface area contributed by atoms with Gasteiger partial charge in [0.1, 0.15) is 5.82 Å². The normalized spacial score (nSPS) is 15.1. The lowest BCUT2D eigenvalue weighted by molar-refractivity contribution is 0.519. The Labute approximate surface area is 237 Å². The number of aromatic amines is 1. The van der Waals surface area contributed by atoms with Crippen LogP contribution in [0.3, 0.4) is 0 Å². The van der Waals surface area contributed by atoms with Gasteiger partial charge in [0, 0.05) is 31.6 Å². The highest BCUT2D eigenvalue weighted by Gasteiger charge is 2.29. The molecule has 0 aliphatic heterocycles. The third kappa shape index (κ3) is 5.03. The lowest BCUT2D eigenvalue weighted by Gasteiger charge is -2.13. The summed E-state index contributed by atoms with van der Waals surface area (Å²) in [5, 5.41) is 14.4. The Balaban J connectivity index is 1.30. The SMILES string of the molecule is CCCCc1nc2c(c(=O)n(CC3CC3)c(=O)n2CC2CC2)n1Cc1ccc(-c2ccccc2-c2nnn[nH]2)cc1. The molecule has 10 heteroatoms. The second kappa shape index (κ2) is 10.6. The van der Waals surface area contributed by atoms with Gasteiger partial charge < -0.3 is 4.57 Å². The van der Waals surface area contributed by atoms with Crippen LogP contribution in [0.25, 0.3) is 33.7 Å². The number of aryl methyl sites for hydroxylation is 1. The molecule has 2 aromatic carbocycles. The van der Waals surface area contributed by atoms with E-state index in [4.69, 9.17) is 4.98 Å². The summed E-state index contributed by atoms with van der Waals surface area (Å²) < 4.78 is 5.35. The van der Waals surface area contributed by atoms with Gasteiger partial charge in [-0.25, -0.2) is 14.9 Å². The number of hydrogen-bond acceptors (Lipinski definition) is 6. The van der Waals surface area contributed by atoms with E-state index in [1.54, 1.807) is 4.57 Å². The van der Waals surface area contributed by atoms with Gasteiger partial charge in [0.05, 0.1) is 0 Å². The number of benzene rings is 2. The lowest BCUT2D eigenvalue weighted by atomic mass is 9.98. The summed E-state index contributed by atoms with van der Waals surface area (Å²) in [7, 11) is 0. The highest BCUT2D eigenvalue weighted by Crippen LogP contribution is 2.33. The molecule has 2 aliphatic rings. The largest absolute Gasteiger partial charge is 0.332 e. The van der Waals surface area contributed by atoms with Gasteiger partial charge in [0.25, 0.3) is 5.56 Å². The first-order valence-electron chi connectivity index (χ1n) is 14.8. The second-order valence-corrected chi connectivity index (χ2v) is 11.6. The van der Waals surface area contributed by atoms with Crippen LogP contribution in [0.4, 0.5) is 0 Å². The molecule has 2 saturated carbocycles. The van der Waals surface area contributed by atoms with E-state index >= 15 is 0 Å². The Kier molecular flexibility index (Phi) is 6.60. The first-order valence-corrected chi connectivity index (χ1v) is 14.8. The van der Waals surface area contributed by atoms with E-state index in [1.807, 2.05) is 18.2 Å². The molecule has 10 nitrogen and oxygen atoms in total. The lowest BCUT2D eigenvalue weighted by Crippen LogP contribution is -2.41. The predicted octanol–water partition coefficient (Wildman–Crippen LogP) is 4.42. The van der Waals surface area contributed by atoms with Crippen molar-refractivity contribution in [1.82, 2.24) is 39.3 Å². The molecule has 7 rings (SSSR count). The summed E-state index contributed by atoms with van der Waals surface area (Å²) in [5.41, 5.74) is 4.79. The highest BCUT2D eigenvalue weighted by atomic mass is 16.2. The summed E-state index contributed by atoms with van der Waals surface area (Å²) in [4.78, 5) is 32.5. The number of hydrogen-bond donors (Lipinski definition) is 1. The van der Waals surface area contributed by atoms with Gasteiger partial charge in [-0.15, -0.1) is 5.10 Å². The fourth-order valence-corrected chi connectivity index (χ4v) is 5.66. The number of tetrazole rings is 1. The number of imidazole rings is 1. The van der Waals surface area contributed by atoms with Crippen LogP contribution in [0.5, 0.6) is 0 Å². The molecule has 3 heterocycles. The third-order valence-electron chi connectivity index (χ3n) is 8.36. The maximum atomic E-state index is 13.9. The second-order valence-electron chi connectivity index (χ2n) is 11.6. The first-order chi connectivity index (χ1) is 20.1. The minimum absolute atomic E-state index is 0.196.